The van der Waals surface area contributed by atoms with E-state index < -0.39 is 11.9 Å². The molecule has 2 aliphatic heterocycles. The largest absolute Gasteiger partial charge is 0.352 e. The molecule has 3 aromatic heterocycles. The van der Waals surface area contributed by atoms with Gasteiger partial charge in [-0.3, -0.25) is 10.1 Å². The number of carbonyl (C=O) groups is 2. The van der Waals surface area contributed by atoms with Gasteiger partial charge < -0.3 is 20.4 Å². The zero-order chi connectivity index (χ0) is 23.9. The molecule has 3 fully saturated rings. The lowest BCUT2D eigenvalue weighted by atomic mass is 10.2. The predicted octanol–water partition coefficient (Wildman–Crippen LogP) is 0.472. The normalized spacial score (nSPS) is 19.1. The first-order valence-electron chi connectivity index (χ1n) is 11.3. The molecule has 3 N–H and O–H groups in total. The Kier molecular flexibility index (Phi) is 4.91. The Hall–Kier alpha value is -4.73. The quantitative estimate of drug-likeness (QED) is 0.353. The van der Waals surface area contributed by atoms with Crippen molar-refractivity contribution in [1.82, 2.24) is 35.2 Å². The second kappa shape index (κ2) is 8.24. The monoisotopic (exact) mass is 471 g/mol. The van der Waals surface area contributed by atoms with E-state index in [4.69, 9.17) is 9.97 Å². The van der Waals surface area contributed by atoms with Crippen LogP contribution in [0.5, 0.6) is 0 Å². The third kappa shape index (κ3) is 3.95. The summed E-state index contributed by atoms with van der Waals surface area (Å²) < 4.78 is 1.62. The summed E-state index contributed by atoms with van der Waals surface area (Å²) in [4.78, 5) is 41.6. The number of anilines is 3. The molecule has 2 saturated heterocycles. The highest BCUT2D eigenvalue weighted by Gasteiger charge is 2.28. The van der Waals surface area contributed by atoms with Crippen molar-refractivity contribution in [3.05, 3.63) is 41.4 Å². The highest BCUT2D eigenvalue weighted by atomic mass is 16.2. The maximum absolute atomic E-state index is 12.0. The molecule has 0 bridgehead atoms. The van der Waals surface area contributed by atoms with Gasteiger partial charge in [-0.1, -0.05) is 0 Å². The van der Waals surface area contributed by atoms with Crippen molar-refractivity contribution < 1.29 is 9.59 Å². The molecule has 3 aromatic rings. The lowest BCUT2D eigenvalue weighted by Crippen LogP contribution is -2.47. The molecule has 3 amide bonds. The fourth-order valence-corrected chi connectivity index (χ4v) is 4.12. The summed E-state index contributed by atoms with van der Waals surface area (Å²) in [5, 5.41) is 21.9. The molecule has 35 heavy (non-hydrogen) atoms. The summed E-state index contributed by atoms with van der Waals surface area (Å²) in [6.45, 7) is 2.61. The van der Waals surface area contributed by atoms with Crippen LogP contribution in [0, 0.1) is 11.3 Å². The van der Waals surface area contributed by atoms with Crippen LogP contribution in [0.2, 0.25) is 0 Å². The minimum Gasteiger partial charge on any atom is -0.352 e. The number of nitrogens with one attached hydrogen (secondary N) is 3. The van der Waals surface area contributed by atoms with Crippen molar-refractivity contribution in [2.75, 3.05) is 41.3 Å². The van der Waals surface area contributed by atoms with Gasteiger partial charge in [-0.05, 0) is 31.1 Å². The number of urea groups is 1. The zero-order valence-corrected chi connectivity index (χ0v) is 18.6. The molecule has 0 radical (unpaired) electrons. The topological polar surface area (TPSA) is 156 Å². The van der Waals surface area contributed by atoms with Crippen LogP contribution in [-0.2, 0) is 4.79 Å². The number of carbonyl (C=O) groups excluding carboxylic acids is 2. The van der Waals surface area contributed by atoms with Crippen molar-refractivity contribution in [2.45, 2.75) is 18.9 Å². The highest BCUT2D eigenvalue weighted by Crippen LogP contribution is 2.27. The fraction of sp³-hybridized carbons (Fsp3) is 0.318. The molecular weight excluding hydrogens is 450 g/mol. The number of amides is 3. The molecular formula is C22H21N11O2. The maximum Gasteiger partial charge on any atom is 0.326 e. The average molecular weight is 471 g/mol. The molecule has 13 nitrogen and oxygen atoms in total. The second-order valence-electron chi connectivity index (χ2n) is 8.53. The van der Waals surface area contributed by atoms with Crippen molar-refractivity contribution >= 4 is 41.4 Å². The van der Waals surface area contributed by atoms with Gasteiger partial charge in [0.05, 0.1) is 11.8 Å². The summed E-state index contributed by atoms with van der Waals surface area (Å²) in [6, 6.07) is 5.52. The number of fused-ring (bicyclic) bond motifs is 1. The molecule has 5 heterocycles. The molecule has 0 atom stereocenters. The van der Waals surface area contributed by atoms with Crippen LogP contribution < -0.4 is 25.8 Å². The summed E-state index contributed by atoms with van der Waals surface area (Å²) in [5.74, 6) is 1.31. The molecule has 3 aliphatic rings. The van der Waals surface area contributed by atoms with Gasteiger partial charge in [0.15, 0.2) is 5.65 Å². The van der Waals surface area contributed by atoms with Crippen molar-refractivity contribution in [3.8, 4) is 6.07 Å². The van der Waals surface area contributed by atoms with Gasteiger partial charge in [0.1, 0.15) is 17.6 Å². The molecule has 1 saturated carbocycles. The maximum atomic E-state index is 12.0. The number of pyridine rings is 1. The molecule has 176 valence electrons. The van der Waals surface area contributed by atoms with Gasteiger partial charge in [0.25, 0.3) is 5.91 Å². The molecule has 0 spiro atoms. The molecule has 0 aromatic carbocycles. The van der Waals surface area contributed by atoms with Gasteiger partial charge in [0.2, 0.25) is 11.9 Å². The zero-order valence-electron chi connectivity index (χ0n) is 18.6. The summed E-state index contributed by atoms with van der Waals surface area (Å²) in [6.07, 6.45) is 6.98. The molecule has 1 aliphatic carbocycles. The number of rotatable bonds is 5. The molecule has 0 unspecified atom stereocenters. The lowest BCUT2D eigenvalue weighted by molar-refractivity contribution is -0.115. The Labute approximate surface area is 199 Å². The third-order valence-electron chi connectivity index (χ3n) is 6.08. The first-order valence-corrected chi connectivity index (χ1v) is 11.3. The SMILES string of the molecule is N#Cc1cccnc1N1CCN(c2nc(NC3CC3)n3ncc(/C=C4\NC(=O)NC4=O)c3n2)CC1. The lowest BCUT2D eigenvalue weighted by Gasteiger charge is -2.35. The number of hydrogen-bond donors (Lipinski definition) is 3. The number of aromatic nitrogens is 5. The second-order valence-corrected chi connectivity index (χ2v) is 8.53. The van der Waals surface area contributed by atoms with E-state index in [-0.39, 0.29) is 5.70 Å². The standard InChI is InChI=1S/C22H21N11O2/c23-11-13-2-1-5-24-17(13)31-6-8-32(9-7-31)20-28-18-14(10-16-19(34)29-22(35)27-16)12-25-33(18)21(30-20)26-15-3-4-15/h1-2,5,10,12,15H,3-4,6-9H2,(H,26,28,30)(H2,27,29,34,35)/b16-10-. The van der Waals surface area contributed by atoms with Crippen molar-refractivity contribution in [2.24, 2.45) is 0 Å². The van der Waals surface area contributed by atoms with Crippen LogP contribution in [0.25, 0.3) is 11.7 Å². The number of hydrogen-bond acceptors (Lipinski definition) is 10. The third-order valence-corrected chi connectivity index (χ3v) is 6.08. The Morgan fingerprint density at radius 2 is 1.91 bits per heavy atom. The number of nitrogens with zero attached hydrogens (tertiary/aromatic N) is 8. The van der Waals surface area contributed by atoms with Gasteiger partial charge in [-0.2, -0.15) is 24.8 Å². The molecule has 13 heteroatoms. The van der Waals surface area contributed by atoms with Crippen LogP contribution in [0.15, 0.2) is 30.2 Å². The highest BCUT2D eigenvalue weighted by molar-refractivity contribution is 6.14. The minimum atomic E-state index is -0.561. The number of nitriles is 1. The van der Waals surface area contributed by atoms with Gasteiger partial charge in [-0.25, -0.2) is 9.78 Å². The average Bonchev–Trinajstić information content (AvgIpc) is 3.51. The Bertz CT molecular complexity index is 1410. The van der Waals surface area contributed by atoms with Crippen LogP contribution in [0.4, 0.5) is 22.5 Å². The first kappa shape index (κ1) is 20.8. The summed E-state index contributed by atoms with van der Waals surface area (Å²) in [7, 11) is 0. The summed E-state index contributed by atoms with van der Waals surface area (Å²) >= 11 is 0. The van der Waals surface area contributed by atoms with Crippen LogP contribution in [-0.4, -0.2) is 68.7 Å². The van der Waals surface area contributed by atoms with Gasteiger partial charge in [0, 0.05) is 44.0 Å². The smallest absolute Gasteiger partial charge is 0.326 e. The van der Waals surface area contributed by atoms with Crippen molar-refractivity contribution in [1.29, 1.82) is 5.26 Å². The van der Waals surface area contributed by atoms with E-state index in [2.05, 4.69) is 41.9 Å². The minimum absolute atomic E-state index is 0.138. The van der Waals surface area contributed by atoms with Crippen LogP contribution in [0.3, 0.4) is 0 Å². The first-order chi connectivity index (χ1) is 17.1. The van der Waals surface area contributed by atoms with E-state index in [1.165, 1.54) is 0 Å². The van der Waals surface area contributed by atoms with E-state index >= 15 is 0 Å². The predicted molar refractivity (Wildman–Crippen MR) is 125 cm³/mol. The van der Waals surface area contributed by atoms with E-state index in [9.17, 15) is 14.9 Å². The van der Waals surface area contributed by atoms with Gasteiger partial charge in [-0.15, -0.1) is 0 Å². The Morgan fingerprint density at radius 3 is 2.63 bits per heavy atom. The van der Waals surface area contributed by atoms with Crippen molar-refractivity contribution in [3.63, 3.8) is 0 Å². The molecule has 6 rings (SSSR count). The van der Waals surface area contributed by atoms with E-state index in [1.807, 2.05) is 0 Å². The summed E-state index contributed by atoms with van der Waals surface area (Å²) in [5.41, 5.74) is 1.80. The van der Waals surface area contributed by atoms with E-state index in [0.29, 0.717) is 66.7 Å². The van der Waals surface area contributed by atoms with Crippen LogP contribution in [0.1, 0.15) is 24.0 Å². The Morgan fingerprint density at radius 1 is 1.11 bits per heavy atom. The van der Waals surface area contributed by atoms with E-state index in [0.717, 1.165) is 12.8 Å². The fourth-order valence-electron chi connectivity index (χ4n) is 4.12. The Balaban J connectivity index is 1.31. The number of imide groups is 1. The number of piperazine rings is 1. The van der Waals surface area contributed by atoms with E-state index in [1.54, 1.807) is 35.1 Å². The van der Waals surface area contributed by atoms with Gasteiger partial charge >= 0.3 is 6.03 Å². The van der Waals surface area contributed by atoms with Crippen LogP contribution >= 0.6 is 0 Å².